The van der Waals surface area contributed by atoms with Crippen LogP contribution in [0.1, 0.15) is 17.3 Å². The number of H-pyrrole nitrogens is 1. The molecule has 7 nitrogen and oxygen atoms in total. The van der Waals surface area contributed by atoms with Gasteiger partial charge in [-0.2, -0.15) is 5.21 Å². The highest BCUT2D eigenvalue weighted by Crippen LogP contribution is 2.26. The molecule has 0 aliphatic carbocycles. The summed E-state index contributed by atoms with van der Waals surface area (Å²) < 4.78 is 18.3. The molecule has 128 valence electrons. The minimum Gasteiger partial charge on any atom is -0.495 e. The lowest BCUT2D eigenvalue weighted by Gasteiger charge is -2.15. The Morgan fingerprint density at radius 1 is 1.24 bits per heavy atom. The van der Waals surface area contributed by atoms with E-state index in [1.54, 1.807) is 30.3 Å². The zero-order valence-corrected chi connectivity index (χ0v) is 13.4. The number of nitrogens with one attached hydrogen (secondary N) is 2. The van der Waals surface area contributed by atoms with Gasteiger partial charge in [0.05, 0.1) is 12.8 Å². The summed E-state index contributed by atoms with van der Waals surface area (Å²) in [4.78, 5) is 12.8. The minimum absolute atomic E-state index is 0.261. The first-order chi connectivity index (χ1) is 12.2. The number of methoxy groups -OCH3 is 1. The summed E-state index contributed by atoms with van der Waals surface area (Å²) >= 11 is 0. The number of aromatic nitrogens is 4. The molecule has 3 rings (SSSR count). The third kappa shape index (κ3) is 3.97. The fourth-order valence-corrected chi connectivity index (χ4v) is 2.44. The number of hydrogen-bond donors (Lipinski definition) is 2. The van der Waals surface area contributed by atoms with Crippen LogP contribution in [0.25, 0.3) is 0 Å². The Hall–Kier alpha value is -3.29. The molecule has 1 aromatic heterocycles. The number of aromatic amines is 1. The van der Waals surface area contributed by atoms with Crippen molar-refractivity contribution in [3.8, 4) is 5.75 Å². The Morgan fingerprint density at radius 2 is 2.00 bits per heavy atom. The molecule has 0 saturated heterocycles. The van der Waals surface area contributed by atoms with E-state index < -0.39 is 5.92 Å². The standard InChI is InChI=1S/C17H16FN5O2/c1-25-15-5-3-2-4-14(15)19-17(24)13(16-20-22-23-21-16)10-11-6-8-12(18)9-7-11/h2-9,13H,10H2,1H3,(H,19,24)(H,20,21,22,23). The number of hydrogen-bond acceptors (Lipinski definition) is 5. The SMILES string of the molecule is COc1ccccc1NC(=O)C(Cc1ccc(F)cc1)c1nn[nH]n1. The fourth-order valence-electron chi connectivity index (χ4n) is 2.44. The Morgan fingerprint density at radius 3 is 2.68 bits per heavy atom. The normalized spacial score (nSPS) is 11.8. The molecule has 2 N–H and O–H groups in total. The molecule has 0 spiro atoms. The number of para-hydroxylation sites is 2. The fraction of sp³-hybridized carbons (Fsp3) is 0.176. The van der Waals surface area contributed by atoms with Gasteiger partial charge in [-0.25, -0.2) is 4.39 Å². The maximum Gasteiger partial charge on any atom is 0.235 e. The molecule has 1 atom stereocenters. The summed E-state index contributed by atoms with van der Waals surface area (Å²) in [7, 11) is 1.53. The molecule has 1 unspecified atom stereocenters. The molecule has 0 fully saturated rings. The van der Waals surface area contributed by atoms with Crippen LogP contribution in [0.4, 0.5) is 10.1 Å². The quantitative estimate of drug-likeness (QED) is 0.718. The Kier molecular flexibility index (Phi) is 4.98. The molecule has 0 radical (unpaired) electrons. The van der Waals surface area contributed by atoms with Crippen molar-refractivity contribution in [1.82, 2.24) is 20.6 Å². The van der Waals surface area contributed by atoms with Crippen molar-refractivity contribution in [2.45, 2.75) is 12.3 Å². The number of halogens is 1. The number of rotatable bonds is 6. The summed E-state index contributed by atoms with van der Waals surface area (Å²) in [6, 6.07) is 13.0. The second-order valence-electron chi connectivity index (χ2n) is 5.34. The van der Waals surface area contributed by atoms with Gasteiger partial charge in [0.15, 0.2) is 5.82 Å². The lowest BCUT2D eigenvalue weighted by atomic mass is 9.97. The summed E-state index contributed by atoms with van der Waals surface area (Å²) in [5.74, 6) is -0.524. The maximum atomic E-state index is 13.1. The topological polar surface area (TPSA) is 92.8 Å². The average Bonchev–Trinajstić information content (AvgIpc) is 3.16. The number of carbonyl (C=O) groups excluding carboxylic acids is 1. The Labute approximate surface area is 143 Å². The second kappa shape index (κ2) is 7.52. The highest BCUT2D eigenvalue weighted by molar-refractivity contribution is 5.96. The van der Waals surface area contributed by atoms with Gasteiger partial charge in [-0.3, -0.25) is 4.79 Å². The molecule has 1 amide bonds. The zero-order valence-electron chi connectivity index (χ0n) is 13.4. The van der Waals surface area contributed by atoms with E-state index in [1.807, 2.05) is 6.07 Å². The molecule has 0 aliphatic rings. The van der Waals surface area contributed by atoms with Crippen molar-refractivity contribution in [3.05, 3.63) is 65.7 Å². The third-order valence-electron chi connectivity index (χ3n) is 3.71. The summed E-state index contributed by atoms with van der Waals surface area (Å²) in [6.45, 7) is 0. The van der Waals surface area contributed by atoms with Gasteiger partial charge in [-0.15, -0.1) is 10.2 Å². The number of nitrogens with zero attached hydrogens (tertiary/aromatic N) is 3. The molecular weight excluding hydrogens is 325 g/mol. The lowest BCUT2D eigenvalue weighted by Crippen LogP contribution is -2.24. The molecule has 0 saturated carbocycles. The van der Waals surface area contributed by atoms with Crippen LogP contribution in [0.3, 0.4) is 0 Å². The Bertz CT molecular complexity index is 837. The molecule has 3 aromatic rings. The van der Waals surface area contributed by atoms with Crippen LogP contribution >= 0.6 is 0 Å². The number of anilines is 1. The van der Waals surface area contributed by atoms with Crippen LogP contribution in [0.2, 0.25) is 0 Å². The van der Waals surface area contributed by atoms with E-state index in [1.165, 1.54) is 19.2 Å². The van der Waals surface area contributed by atoms with Gasteiger partial charge < -0.3 is 10.1 Å². The molecule has 0 aliphatic heterocycles. The van der Waals surface area contributed by atoms with Gasteiger partial charge in [0, 0.05) is 0 Å². The van der Waals surface area contributed by atoms with E-state index in [4.69, 9.17) is 4.74 Å². The number of tetrazole rings is 1. The molecule has 1 heterocycles. The van der Waals surface area contributed by atoms with Crippen molar-refractivity contribution < 1.29 is 13.9 Å². The molecule has 2 aromatic carbocycles. The minimum atomic E-state index is -0.686. The molecule has 8 heteroatoms. The van der Waals surface area contributed by atoms with E-state index in [0.717, 1.165) is 5.56 Å². The van der Waals surface area contributed by atoms with Crippen molar-refractivity contribution in [1.29, 1.82) is 0 Å². The number of ether oxygens (including phenoxy) is 1. The van der Waals surface area contributed by atoms with Crippen molar-refractivity contribution in [2.24, 2.45) is 0 Å². The van der Waals surface area contributed by atoms with Crippen LogP contribution in [-0.4, -0.2) is 33.6 Å². The first-order valence-corrected chi connectivity index (χ1v) is 7.59. The monoisotopic (exact) mass is 341 g/mol. The highest BCUT2D eigenvalue weighted by atomic mass is 19.1. The van der Waals surface area contributed by atoms with Crippen LogP contribution in [0, 0.1) is 5.82 Å². The first-order valence-electron chi connectivity index (χ1n) is 7.59. The van der Waals surface area contributed by atoms with Gasteiger partial charge in [-0.1, -0.05) is 29.5 Å². The van der Waals surface area contributed by atoms with Gasteiger partial charge in [0.2, 0.25) is 5.91 Å². The summed E-state index contributed by atoms with van der Waals surface area (Å²) in [5.41, 5.74) is 1.33. The van der Waals surface area contributed by atoms with Crippen LogP contribution in [0.15, 0.2) is 48.5 Å². The summed E-state index contributed by atoms with van der Waals surface area (Å²) in [6.07, 6.45) is 0.306. The van der Waals surface area contributed by atoms with Crippen molar-refractivity contribution in [2.75, 3.05) is 12.4 Å². The van der Waals surface area contributed by atoms with E-state index in [2.05, 4.69) is 25.9 Å². The van der Waals surface area contributed by atoms with Gasteiger partial charge in [-0.05, 0) is 36.2 Å². The van der Waals surface area contributed by atoms with Crippen LogP contribution in [-0.2, 0) is 11.2 Å². The molecule has 25 heavy (non-hydrogen) atoms. The average molecular weight is 341 g/mol. The largest absolute Gasteiger partial charge is 0.495 e. The van der Waals surface area contributed by atoms with E-state index >= 15 is 0 Å². The number of carbonyl (C=O) groups is 1. The zero-order chi connectivity index (χ0) is 17.6. The van der Waals surface area contributed by atoms with Gasteiger partial charge in [0.25, 0.3) is 0 Å². The van der Waals surface area contributed by atoms with E-state index in [0.29, 0.717) is 17.9 Å². The predicted octanol–water partition coefficient (Wildman–Crippen LogP) is 2.31. The lowest BCUT2D eigenvalue weighted by molar-refractivity contribution is -0.117. The molecule has 0 bridgehead atoms. The smallest absolute Gasteiger partial charge is 0.235 e. The van der Waals surface area contributed by atoms with E-state index in [-0.39, 0.29) is 17.5 Å². The van der Waals surface area contributed by atoms with E-state index in [9.17, 15) is 9.18 Å². The van der Waals surface area contributed by atoms with Crippen molar-refractivity contribution >= 4 is 11.6 Å². The number of amides is 1. The Balaban J connectivity index is 1.84. The van der Waals surface area contributed by atoms with Gasteiger partial charge in [0.1, 0.15) is 17.5 Å². The first kappa shape index (κ1) is 16.6. The molecular formula is C17H16FN5O2. The second-order valence-corrected chi connectivity index (χ2v) is 5.34. The van der Waals surface area contributed by atoms with Crippen LogP contribution in [0.5, 0.6) is 5.75 Å². The maximum absolute atomic E-state index is 13.1. The van der Waals surface area contributed by atoms with Gasteiger partial charge >= 0.3 is 0 Å². The van der Waals surface area contributed by atoms with Crippen molar-refractivity contribution in [3.63, 3.8) is 0 Å². The predicted molar refractivity (Wildman–Crippen MR) is 88.6 cm³/mol. The van der Waals surface area contributed by atoms with Crippen LogP contribution < -0.4 is 10.1 Å². The summed E-state index contributed by atoms with van der Waals surface area (Å²) in [5, 5.41) is 16.5. The third-order valence-corrected chi connectivity index (χ3v) is 3.71. The number of benzene rings is 2. The highest BCUT2D eigenvalue weighted by Gasteiger charge is 2.26.